The number of nitro benzene ring substituents is 1. The monoisotopic (exact) mass is 281 g/mol. The Morgan fingerprint density at radius 3 is 2.58 bits per heavy atom. The second-order valence-electron chi connectivity index (χ2n) is 4.58. The van der Waals surface area contributed by atoms with Crippen LogP contribution >= 0.6 is 11.6 Å². The fourth-order valence-corrected chi connectivity index (χ4v) is 2.25. The zero-order valence-corrected chi connectivity index (χ0v) is 11.3. The second kappa shape index (κ2) is 6.52. The Kier molecular flexibility index (Phi) is 4.74. The number of halogens is 1. The highest BCUT2D eigenvalue weighted by molar-refractivity contribution is 6.32. The molecule has 0 unspecified atom stereocenters. The van der Waals surface area contributed by atoms with Gasteiger partial charge in [0.1, 0.15) is 5.02 Å². The number of hydrogen-bond acceptors (Lipinski definition) is 4. The van der Waals surface area contributed by atoms with Crippen LogP contribution in [0, 0.1) is 10.1 Å². The third-order valence-electron chi connectivity index (χ3n) is 3.12. The van der Waals surface area contributed by atoms with Gasteiger partial charge in [0.15, 0.2) is 0 Å². The third kappa shape index (κ3) is 3.92. The molecule has 0 bridgehead atoms. The quantitative estimate of drug-likeness (QED) is 0.484. The maximum Gasteiger partial charge on any atom is 0.288 e. The molecule has 6 heteroatoms. The Labute approximate surface area is 117 Å². The highest BCUT2D eigenvalue weighted by Gasteiger charge is 2.12. The van der Waals surface area contributed by atoms with Gasteiger partial charge in [-0.1, -0.05) is 30.5 Å². The second-order valence-corrected chi connectivity index (χ2v) is 4.99. The summed E-state index contributed by atoms with van der Waals surface area (Å²) < 4.78 is 0. The molecule has 0 atom stereocenters. The van der Waals surface area contributed by atoms with E-state index in [0.717, 1.165) is 25.9 Å². The van der Waals surface area contributed by atoms with Gasteiger partial charge in [-0.15, -0.1) is 0 Å². The van der Waals surface area contributed by atoms with E-state index < -0.39 is 4.92 Å². The van der Waals surface area contributed by atoms with Gasteiger partial charge >= 0.3 is 0 Å². The molecule has 0 aliphatic carbocycles. The fourth-order valence-electron chi connectivity index (χ4n) is 2.07. The zero-order valence-electron chi connectivity index (χ0n) is 10.6. The SMILES string of the molecule is O=[N+]([O-])c1cc(C=NN2CCCCCC2)ccc1Cl. The Morgan fingerprint density at radius 1 is 1.26 bits per heavy atom. The molecule has 5 nitrogen and oxygen atoms in total. The number of hydrogen-bond donors (Lipinski definition) is 0. The molecular weight excluding hydrogens is 266 g/mol. The standard InChI is InChI=1S/C13H16ClN3O2/c14-12-6-5-11(9-13(12)17(18)19)10-15-16-7-3-1-2-4-8-16/h5-6,9-10H,1-4,7-8H2. The third-order valence-corrected chi connectivity index (χ3v) is 3.44. The highest BCUT2D eigenvalue weighted by Crippen LogP contribution is 2.24. The number of hydrazone groups is 1. The predicted octanol–water partition coefficient (Wildman–Crippen LogP) is 3.46. The molecule has 0 saturated carbocycles. The molecule has 1 aromatic carbocycles. The lowest BCUT2D eigenvalue weighted by molar-refractivity contribution is -0.384. The Morgan fingerprint density at radius 2 is 1.95 bits per heavy atom. The molecule has 1 heterocycles. The summed E-state index contributed by atoms with van der Waals surface area (Å²) in [5, 5.41) is 17.3. The zero-order chi connectivity index (χ0) is 13.7. The smallest absolute Gasteiger partial charge is 0.288 e. The summed E-state index contributed by atoms with van der Waals surface area (Å²) in [6, 6.07) is 4.71. The molecule has 1 fully saturated rings. The summed E-state index contributed by atoms with van der Waals surface area (Å²) in [5.74, 6) is 0. The molecule has 0 N–H and O–H groups in total. The van der Waals surface area contributed by atoms with Crippen LogP contribution in [-0.4, -0.2) is 29.2 Å². The van der Waals surface area contributed by atoms with Crippen molar-refractivity contribution in [2.24, 2.45) is 5.10 Å². The van der Waals surface area contributed by atoms with Gasteiger partial charge in [-0.25, -0.2) is 0 Å². The minimum atomic E-state index is -0.481. The van der Waals surface area contributed by atoms with E-state index in [1.165, 1.54) is 25.0 Å². The molecule has 1 aromatic rings. The van der Waals surface area contributed by atoms with Crippen LogP contribution < -0.4 is 0 Å². The Balaban J connectivity index is 2.09. The number of nitrogens with zero attached hydrogens (tertiary/aromatic N) is 3. The van der Waals surface area contributed by atoms with Crippen LogP contribution in [0.1, 0.15) is 31.2 Å². The van der Waals surface area contributed by atoms with Crippen LogP contribution in [-0.2, 0) is 0 Å². The first-order chi connectivity index (χ1) is 9.16. The molecular formula is C13H16ClN3O2. The maximum absolute atomic E-state index is 10.8. The lowest BCUT2D eigenvalue weighted by atomic mass is 10.2. The van der Waals surface area contributed by atoms with E-state index in [1.807, 2.05) is 5.01 Å². The molecule has 0 radical (unpaired) electrons. The lowest BCUT2D eigenvalue weighted by Gasteiger charge is -2.15. The normalized spacial score (nSPS) is 16.6. The van der Waals surface area contributed by atoms with Crippen LogP contribution in [0.15, 0.2) is 23.3 Å². The van der Waals surface area contributed by atoms with E-state index in [4.69, 9.17) is 11.6 Å². The van der Waals surface area contributed by atoms with Crippen LogP contribution in [0.25, 0.3) is 0 Å². The Bertz CT molecular complexity index is 483. The number of nitro groups is 1. The minimum absolute atomic E-state index is 0.0820. The van der Waals surface area contributed by atoms with Crippen LogP contribution in [0.3, 0.4) is 0 Å². The Hall–Kier alpha value is -1.62. The van der Waals surface area contributed by atoms with E-state index in [-0.39, 0.29) is 10.7 Å². The summed E-state index contributed by atoms with van der Waals surface area (Å²) in [5.41, 5.74) is 0.613. The number of rotatable bonds is 3. The van der Waals surface area contributed by atoms with Crippen molar-refractivity contribution in [2.45, 2.75) is 25.7 Å². The largest absolute Gasteiger partial charge is 0.297 e. The predicted molar refractivity (Wildman–Crippen MR) is 75.7 cm³/mol. The minimum Gasteiger partial charge on any atom is -0.297 e. The van der Waals surface area contributed by atoms with Crippen molar-refractivity contribution in [3.63, 3.8) is 0 Å². The van der Waals surface area contributed by atoms with Gasteiger partial charge in [0.05, 0.1) is 11.1 Å². The van der Waals surface area contributed by atoms with Crippen LogP contribution in [0.4, 0.5) is 5.69 Å². The van der Waals surface area contributed by atoms with Gasteiger partial charge in [0.2, 0.25) is 0 Å². The molecule has 0 spiro atoms. The van der Waals surface area contributed by atoms with E-state index in [2.05, 4.69) is 5.10 Å². The topological polar surface area (TPSA) is 58.7 Å². The summed E-state index contributed by atoms with van der Waals surface area (Å²) >= 11 is 5.77. The van der Waals surface area contributed by atoms with Crippen LogP contribution in [0.2, 0.25) is 5.02 Å². The molecule has 1 aliphatic rings. The average molecular weight is 282 g/mol. The maximum atomic E-state index is 10.8. The summed E-state index contributed by atoms with van der Waals surface area (Å²) in [6.07, 6.45) is 6.46. The lowest BCUT2D eigenvalue weighted by Crippen LogP contribution is -2.18. The van der Waals surface area contributed by atoms with Crippen LogP contribution in [0.5, 0.6) is 0 Å². The van der Waals surface area contributed by atoms with Gasteiger partial charge in [-0.05, 0) is 18.9 Å². The first kappa shape index (κ1) is 13.8. The highest BCUT2D eigenvalue weighted by atomic mass is 35.5. The molecule has 2 rings (SSSR count). The van der Waals surface area contributed by atoms with E-state index in [0.29, 0.717) is 5.56 Å². The van der Waals surface area contributed by atoms with Crippen molar-refractivity contribution in [3.8, 4) is 0 Å². The number of benzene rings is 1. The van der Waals surface area contributed by atoms with Gasteiger partial charge in [-0.3, -0.25) is 15.1 Å². The fraction of sp³-hybridized carbons (Fsp3) is 0.462. The molecule has 0 amide bonds. The van der Waals surface area contributed by atoms with Crippen molar-refractivity contribution in [1.29, 1.82) is 0 Å². The van der Waals surface area contributed by atoms with Crippen molar-refractivity contribution in [3.05, 3.63) is 38.9 Å². The van der Waals surface area contributed by atoms with Gasteiger partial charge in [0, 0.05) is 24.7 Å². The first-order valence-corrected chi connectivity index (χ1v) is 6.77. The van der Waals surface area contributed by atoms with Crippen molar-refractivity contribution < 1.29 is 4.92 Å². The molecule has 19 heavy (non-hydrogen) atoms. The van der Waals surface area contributed by atoms with Crippen molar-refractivity contribution in [2.75, 3.05) is 13.1 Å². The van der Waals surface area contributed by atoms with E-state index in [1.54, 1.807) is 12.3 Å². The summed E-state index contributed by atoms with van der Waals surface area (Å²) in [4.78, 5) is 10.3. The molecule has 0 aromatic heterocycles. The average Bonchev–Trinajstić information content (AvgIpc) is 2.66. The van der Waals surface area contributed by atoms with E-state index >= 15 is 0 Å². The summed E-state index contributed by atoms with van der Waals surface area (Å²) in [7, 11) is 0. The first-order valence-electron chi connectivity index (χ1n) is 6.40. The molecule has 1 aliphatic heterocycles. The van der Waals surface area contributed by atoms with E-state index in [9.17, 15) is 10.1 Å². The van der Waals surface area contributed by atoms with Gasteiger partial charge in [-0.2, -0.15) is 5.10 Å². The summed E-state index contributed by atoms with van der Waals surface area (Å²) in [6.45, 7) is 1.90. The van der Waals surface area contributed by atoms with Gasteiger partial charge < -0.3 is 0 Å². The molecule has 102 valence electrons. The van der Waals surface area contributed by atoms with Crippen molar-refractivity contribution >= 4 is 23.5 Å². The van der Waals surface area contributed by atoms with Gasteiger partial charge in [0.25, 0.3) is 5.69 Å². The van der Waals surface area contributed by atoms with Crippen molar-refractivity contribution in [1.82, 2.24) is 5.01 Å². The molecule has 1 saturated heterocycles.